The molecule has 3 aromatic rings. The minimum Gasteiger partial charge on any atom is -0.383 e. The fourth-order valence-electron chi connectivity index (χ4n) is 5.68. The van der Waals surface area contributed by atoms with Crippen LogP contribution < -0.4 is 10.9 Å². The van der Waals surface area contributed by atoms with Gasteiger partial charge in [-0.1, -0.05) is 36.2 Å². The van der Waals surface area contributed by atoms with Gasteiger partial charge < -0.3 is 10.2 Å². The van der Waals surface area contributed by atoms with Crippen molar-refractivity contribution in [2.75, 3.05) is 25.0 Å². The van der Waals surface area contributed by atoms with Crippen molar-refractivity contribution >= 4 is 28.1 Å². The van der Waals surface area contributed by atoms with E-state index in [2.05, 4.69) is 20.4 Å². The van der Waals surface area contributed by atoms with Crippen molar-refractivity contribution < 1.29 is 13.2 Å². The standard InChI is InChI=1S/C16H11ClFN3O.C11H19F2N/c17-12-4-2-1-3-9(12)11-7-19-13-6-8(18)5-10-14(13)15(11)20-21-16(10)22;12-11(13)6-4-10(5-7-11)14-8-2-1-3-9-14/h1-6,11,19H,7H2,(H,21,22);10H,1-9H2. The van der Waals surface area contributed by atoms with Gasteiger partial charge in [0.25, 0.3) is 5.56 Å². The Hall–Kier alpha value is -2.58. The highest BCUT2D eigenvalue weighted by Gasteiger charge is 2.37. The number of halogens is 4. The second-order valence-corrected chi connectivity index (χ2v) is 10.4. The van der Waals surface area contributed by atoms with Gasteiger partial charge in [-0.05, 0) is 62.5 Å². The lowest BCUT2D eigenvalue weighted by molar-refractivity contribution is -0.0553. The number of benzene rings is 2. The van der Waals surface area contributed by atoms with E-state index in [0.717, 1.165) is 18.7 Å². The first-order valence-electron chi connectivity index (χ1n) is 12.6. The monoisotopic (exact) mass is 518 g/mol. The van der Waals surface area contributed by atoms with Crippen molar-refractivity contribution in [3.63, 3.8) is 0 Å². The molecule has 1 saturated carbocycles. The van der Waals surface area contributed by atoms with E-state index in [9.17, 15) is 18.0 Å². The molecule has 2 aliphatic heterocycles. The number of H-pyrrole nitrogens is 1. The quantitative estimate of drug-likeness (QED) is 0.416. The van der Waals surface area contributed by atoms with Gasteiger partial charge in [0.15, 0.2) is 0 Å². The molecule has 0 spiro atoms. The van der Waals surface area contributed by atoms with Crippen LogP contribution in [0.5, 0.6) is 0 Å². The lowest BCUT2D eigenvalue weighted by Gasteiger charge is -2.38. The minimum absolute atomic E-state index is 0.105. The lowest BCUT2D eigenvalue weighted by Crippen LogP contribution is -2.43. The molecule has 0 bridgehead atoms. The number of alkyl halides is 2. The molecule has 0 radical (unpaired) electrons. The molecule has 2 N–H and O–H groups in total. The Morgan fingerprint density at radius 1 is 1.06 bits per heavy atom. The van der Waals surface area contributed by atoms with Crippen LogP contribution in [0.2, 0.25) is 5.02 Å². The van der Waals surface area contributed by atoms with Gasteiger partial charge in [-0.3, -0.25) is 4.79 Å². The Labute approximate surface area is 213 Å². The predicted octanol–water partition coefficient (Wildman–Crippen LogP) is 6.32. The summed E-state index contributed by atoms with van der Waals surface area (Å²) in [6, 6.07) is 10.6. The highest BCUT2D eigenvalue weighted by Crippen LogP contribution is 2.39. The average molecular weight is 519 g/mol. The number of nitrogens with zero attached hydrogens (tertiary/aromatic N) is 2. The highest BCUT2D eigenvalue weighted by molar-refractivity contribution is 6.31. The fourth-order valence-corrected chi connectivity index (χ4v) is 5.95. The summed E-state index contributed by atoms with van der Waals surface area (Å²) in [5.74, 6) is -2.92. The molecule has 5 nitrogen and oxygen atoms in total. The van der Waals surface area contributed by atoms with Gasteiger partial charge in [0.05, 0.1) is 11.1 Å². The third-order valence-corrected chi connectivity index (χ3v) is 7.93. The van der Waals surface area contributed by atoms with Gasteiger partial charge in [-0.15, -0.1) is 0 Å². The Morgan fingerprint density at radius 2 is 1.78 bits per heavy atom. The zero-order valence-corrected chi connectivity index (χ0v) is 20.8. The van der Waals surface area contributed by atoms with E-state index in [1.54, 1.807) is 0 Å². The highest BCUT2D eigenvalue weighted by atomic mass is 35.5. The SMILES string of the molecule is FC1(F)CCC(N2CCCCC2)CC1.O=c1[nH]nc2c3c(cc(F)cc13)NCC2c1ccccc1Cl. The van der Waals surface area contributed by atoms with Crippen LogP contribution in [0.25, 0.3) is 10.8 Å². The van der Waals surface area contributed by atoms with Crippen LogP contribution in [0.15, 0.2) is 41.2 Å². The van der Waals surface area contributed by atoms with Crippen molar-refractivity contribution in [1.82, 2.24) is 15.1 Å². The molecule has 3 heterocycles. The third kappa shape index (κ3) is 5.25. The molecule has 0 amide bonds. The van der Waals surface area contributed by atoms with Crippen molar-refractivity contribution in [2.45, 2.75) is 62.8 Å². The molecule has 2 aromatic carbocycles. The van der Waals surface area contributed by atoms with E-state index in [1.165, 1.54) is 31.4 Å². The first kappa shape index (κ1) is 25.1. The topological polar surface area (TPSA) is 61.0 Å². The first-order valence-corrected chi connectivity index (χ1v) is 13.0. The van der Waals surface area contributed by atoms with Crippen LogP contribution in [0.1, 0.15) is 62.1 Å². The molecule has 1 aliphatic carbocycles. The number of rotatable bonds is 2. The summed E-state index contributed by atoms with van der Waals surface area (Å²) in [5.41, 5.74) is 1.82. The summed E-state index contributed by atoms with van der Waals surface area (Å²) in [6.45, 7) is 2.81. The van der Waals surface area contributed by atoms with Crippen LogP contribution in [0.4, 0.5) is 18.9 Å². The Morgan fingerprint density at radius 3 is 2.50 bits per heavy atom. The molecular formula is C27H30ClF3N4O. The van der Waals surface area contributed by atoms with Crippen molar-refractivity contribution in [3.8, 4) is 0 Å². The van der Waals surface area contributed by atoms with Crippen molar-refractivity contribution in [1.29, 1.82) is 0 Å². The molecule has 36 heavy (non-hydrogen) atoms. The van der Waals surface area contributed by atoms with Gasteiger partial charge in [0.2, 0.25) is 5.92 Å². The van der Waals surface area contributed by atoms with Crippen LogP contribution in [-0.2, 0) is 0 Å². The molecule has 1 unspecified atom stereocenters. The largest absolute Gasteiger partial charge is 0.383 e. The predicted molar refractivity (Wildman–Crippen MR) is 137 cm³/mol. The maximum Gasteiger partial charge on any atom is 0.272 e. The maximum atomic E-state index is 13.7. The van der Waals surface area contributed by atoms with Crippen molar-refractivity contribution in [2.24, 2.45) is 0 Å². The molecule has 1 atom stereocenters. The van der Waals surface area contributed by atoms with Gasteiger partial charge in [-0.2, -0.15) is 5.10 Å². The number of hydrogen-bond donors (Lipinski definition) is 2. The molecule has 1 saturated heterocycles. The molecule has 1 aromatic heterocycles. The lowest BCUT2D eigenvalue weighted by atomic mass is 9.89. The molecule has 9 heteroatoms. The molecule has 2 fully saturated rings. The third-order valence-electron chi connectivity index (χ3n) is 7.58. The number of nitrogens with one attached hydrogen (secondary N) is 2. The number of aromatic nitrogens is 2. The van der Waals surface area contributed by atoms with Gasteiger partial charge in [0, 0.05) is 47.4 Å². The van der Waals surface area contributed by atoms with Gasteiger partial charge >= 0.3 is 0 Å². The maximum absolute atomic E-state index is 13.7. The van der Waals surface area contributed by atoms with E-state index >= 15 is 0 Å². The van der Waals surface area contributed by atoms with E-state index in [0.29, 0.717) is 52.6 Å². The van der Waals surface area contributed by atoms with Gasteiger partial charge in [-0.25, -0.2) is 18.3 Å². The average Bonchev–Trinajstić information content (AvgIpc) is 2.87. The molecule has 6 rings (SSSR count). The summed E-state index contributed by atoms with van der Waals surface area (Å²) in [7, 11) is 0. The Bertz CT molecular complexity index is 1280. The zero-order valence-electron chi connectivity index (χ0n) is 20.0. The summed E-state index contributed by atoms with van der Waals surface area (Å²) in [5, 5.41) is 11.4. The molecule has 3 aliphatic rings. The van der Waals surface area contributed by atoms with Crippen LogP contribution in [0.3, 0.4) is 0 Å². The molecular weight excluding hydrogens is 489 g/mol. The summed E-state index contributed by atoms with van der Waals surface area (Å²) in [4.78, 5) is 14.4. The number of aromatic amines is 1. The summed E-state index contributed by atoms with van der Waals surface area (Å²) >= 11 is 6.29. The smallest absolute Gasteiger partial charge is 0.272 e. The van der Waals surface area contributed by atoms with Crippen molar-refractivity contribution in [3.05, 3.63) is 68.8 Å². The Balaban J connectivity index is 0.000000165. The van der Waals surface area contributed by atoms with Crippen LogP contribution in [-0.4, -0.2) is 46.7 Å². The van der Waals surface area contributed by atoms with E-state index in [1.807, 2.05) is 24.3 Å². The number of hydrogen-bond acceptors (Lipinski definition) is 4. The van der Waals surface area contributed by atoms with E-state index in [-0.39, 0.29) is 18.8 Å². The summed E-state index contributed by atoms with van der Waals surface area (Å²) in [6.07, 6.45) is 5.45. The fraction of sp³-hybridized carbons (Fsp3) is 0.481. The van der Waals surface area contributed by atoms with E-state index in [4.69, 9.17) is 11.6 Å². The minimum atomic E-state index is -2.37. The summed E-state index contributed by atoms with van der Waals surface area (Å²) < 4.78 is 39.5. The second-order valence-electron chi connectivity index (χ2n) is 9.95. The number of anilines is 1. The van der Waals surface area contributed by atoms with E-state index < -0.39 is 17.3 Å². The first-order chi connectivity index (χ1) is 17.3. The zero-order chi connectivity index (χ0) is 25.3. The molecule has 192 valence electrons. The second kappa shape index (κ2) is 10.4. The Kier molecular flexibility index (Phi) is 7.26. The normalized spacial score (nSPS) is 21.9. The number of piperidine rings is 1. The van der Waals surface area contributed by atoms with Crippen LogP contribution >= 0.6 is 11.6 Å². The number of likely N-dealkylation sites (tertiary alicyclic amines) is 1. The van der Waals surface area contributed by atoms with Gasteiger partial charge in [0.1, 0.15) is 5.82 Å². The van der Waals surface area contributed by atoms with Crippen LogP contribution in [0, 0.1) is 5.82 Å².